The molecule has 1 aliphatic rings. The minimum atomic E-state index is -0.669. The maximum Gasteiger partial charge on any atom is 0.131 e. The summed E-state index contributed by atoms with van der Waals surface area (Å²) in [6.45, 7) is 7.68. The summed E-state index contributed by atoms with van der Waals surface area (Å²) < 4.78 is 5.67. The molecule has 3 nitrogen and oxygen atoms in total. The SMILES string of the molecule is CC.CC1(C)Oc2ccccc2[C@@H](N)[C@@H]1O. The molecule has 1 aromatic rings. The van der Waals surface area contributed by atoms with Crippen molar-refractivity contribution in [3.05, 3.63) is 29.8 Å². The van der Waals surface area contributed by atoms with E-state index in [4.69, 9.17) is 10.5 Å². The molecule has 0 bridgehead atoms. The van der Waals surface area contributed by atoms with Gasteiger partial charge < -0.3 is 15.6 Å². The van der Waals surface area contributed by atoms with Crippen LogP contribution in [0.3, 0.4) is 0 Å². The molecule has 0 unspecified atom stereocenters. The Bertz CT molecular complexity index is 350. The minimum Gasteiger partial charge on any atom is -0.485 e. The van der Waals surface area contributed by atoms with Crippen molar-refractivity contribution in [2.24, 2.45) is 5.73 Å². The van der Waals surface area contributed by atoms with Crippen LogP contribution >= 0.6 is 0 Å². The Hall–Kier alpha value is -1.06. The Morgan fingerprint density at radius 3 is 2.44 bits per heavy atom. The van der Waals surface area contributed by atoms with Gasteiger partial charge in [-0.25, -0.2) is 0 Å². The molecule has 3 heteroatoms. The highest BCUT2D eigenvalue weighted by Gasteiger charge is 2.40. The molecule has 0 saturated heterocycles. The van der Waals surface area contributed by atoms with E-state index in [1.54, 1.807) is 0 Å². The first-order chi connectivity index (χ1) is 7.52. The van der Waals surface area contributed by atoms with Gasteiger partial charge in [0.25, 0.3) is 0 Å². The van der Waals surface area contributed by atoms with Crippen LogP contribution in [0, 0.1) is 0 Å². The molecule has 0 aromatic heterocycles. The van der Waals surface area contributed by atoms with Crippen LogP contribution in [0.15, 0.2) is 24.3 Å². The summed E-state index contributed by atoms with van der Waals surface area (Å²) in [5.74, 6) is 0.773. The monoisotopic (exact) mass is 223 g/mol. The molecule has 0 aliphatic carbocycles. The van der Waals surface area contributed by atoms with Crippen LogP contribution in [0.4, 0.5) is 0 Å². The molecule has 0 saturated carbocycles. The van der Waals surface area contributed by atoms with E-state index in [9.17, 15) is 5.11 Å². The number of ether oxygens (including phenoxy) is 1. The van der Waals surface area contributed by atoms with E-state index in [0.29, 0.717) is 0 Å². The van der Waals surface area contributed by atoms with Crippen LogP contribution in [-0.2, 0) is 0 Å². The molecule has 16 heavy (non-hydrogen) atoms. The molecule has 0 amide bonds. The normalized spacial score (nSPS) is 25.9. The summed E-state index contributed by atoms with van der Waals surface area (Å²) in [5.41, 5.74) is 6.19. The predicted molar refractivity (Wildman–Crippen MR) is 65.4 cm³/mol. The summed E-state index contributed by atoms with van der Waals surface area (Å²) in [6.07, 6.45) is -0.669. The molecule has 3 N–H and O–H groups in total. The highest BCUT2D eigenvalue weighted by molar-refractivity contribution is 5.39. The van der Waals surface area contributed by atoms with Gasteiger partial charge in [-0.1, -0.05) is 32.0 Å². The number of benzene rings is 1. The van der Waals surface area contributed by atoms with Gasteiger partial charge in [0.2, 0.25) is 0 Å². The number of nitrogens with two attached hydrogens (primary N) is 1. The molecule has 90 valence electrons. The smallest absolute Gasteiger partial charge is 0.131 e. The zero-order valence-corrected chi connectivity index (χ0v) is 10.4. The number of fused-ring (bicyclic) bond motifs is 1. The molecule has 0 spiro atoms. The Kier molecular flexibility index (Phi) is 3.94. The molecular weight excluding hydrogens is 202 g/mol. The standard InChI is InChI=1S/C11H15NO2.C2H6/c1-11(2)10(13)9(12)7-5-3-4-6-8(7)14-11;1-2/h3-6,9-10,13H,12H2,1-2H3;1-2H3/t9-,10+;/m1./s1. The Morgan fingerprint density at radius 2 is 1.81 bits per heavy atom. The summed E-state index contributed by atoms with van der Waals surface area (Å²) in [4.78, 5) is 0. The third kappa shape index (κ3) is 2.20. The lowest BCUT2D eigenvalue weighted by molar-refractivity contribution is -0.0571. The first kappa shape index (κ1) is 13.0. The summed E-state index contributed by atoms with van der Waals surface area (Å²) in [7, 11) is 0. The fourth-order valence-corrected chi connectivity index (χ4v) is 1.80. The van der Waals surface area contributed by atoms with Gasteiger partial charge in [0.15, 0.2) is 0 Å². The zero-order chi connectivity index (χ0) is 12.3. The third-order valence-corrected chi connectivity index (χ3v) is 2.70. The fourth-order valence-electron chi connectivity index (χ4n) is 1.80. The maximum atomic E-state index is 9.90. The average Bonchev–Trinajstić information content (AvgIpc) is 2.29. The predicted octanol–water partition coefficient (Wildman–Crippen LogP) is 2.24. The summed E-state index contributed by atoms with van der Waals surface area (Å²) in [6, 6.07) is 7.20. The molecule has 1 heterocycles. The number of rotatable bonds is 0. The quantitative estimate of drug-likeness (QED) is 0.709. The Morgan fingerprint density at radius 1 is 1.25 bits per heavy atom. The van der Waals surface area contributed by atoms with E-state index in [0.717, 1.165) is 11.3 Å². The number of hydrogen-bond donors (Lipinski definition) is 2. The van der Waals surface area contributed by atoms with Gasteiger partial charge in [-0.15, -0.1) is 0 Å². The molecule has 1 aliphatic heterocycles. The van der Waals surface area contributed by atoms with Crippen LogP contribution in [0.25, 0.3) is 0 Å². The number of para-hydroxylation sites is 1. The number of hydrogen-bond acceptors (Lipinski definition) is 3. The first-order valence-corrected chi connectivity index (χ1v) is 5.74. The lowest BCUT2D eigenvalue weighted by Crippen LogP contribution is -2.51. The van der Waals surface area contributed by atoms with Crippen LogP contribution in [0.5, 0.6) is 5.75 Å². The maximum absolute atomic E-state index is 9.90. The van der Waals surface area contributed by atoms with Crippen molar-refractivity contribution in [2.75, 3.05) is 0 Å². The first-order valence-electron chi connectivity index (χ1n) is 5.74. The van der Waals surface area contributed by atoms with Crippen LogP contribution in [0.2, 0.25) is 0 Å². The molecule has 2 rings (SSSR count). The molecule has 2 atom stereocenters. The van der Waals surface area contributed by atoms with Gasteiger partial charge in [0.05, 0.1) is 6.04 Å². The zero-order valence-electron chi connectivity index (χ0n) is 10.4. The van der Waals surface area contributed by atoms with Gasteiger partial charge in [-0.2, -0.15) is 0 Å². The Balaban J connectivity index is 0.000000606. The second-order valence-electron chi connectivity index (χ2n) is 4.21. The summed E-state index contributed by atoms with van der Waals surface area (Å²) >= 11 is 0. The lowest BCUT2D eigenvalue weighted by Gasteiger charge is -2.40. The molecule has 0 radical (unpaired) electrons. The fraction of sp³-hybridized carbons (Fsp3) is 0.538. The largest absolute Gasteiger partial charge is 0.485 e. The van der Waals surface area contributed by atoms with E-state index in [1.807, 2.05) is 52.0 Å². The van der Waals surface area contributed by atoms with E-state index < -0.39 is 11.7 Å². The molecule has 0 fully saturated rings. The average molecular weight is 223 g/mol. The highest BCUT2D eigenvalue weighted by Crippen LogP contribution is 2.37. The van der Waals surface area contributed by atoms with Crippen molar-refractivity contribution in [2.45, 2.75) is 45.4 Å². The topological polar surface area (TPSA) is 55.5 Å². The van der Waals surface area contributed by atoms with E-state index in [2.05, 4.69) is 0 Å². The number of aliphatic hydroxyl groups excluding tert-OH is 1. The minimum absolute atomic E-state index is 0.366. The van der Waals surface area contributed by atoms with Crippen LogP contribution in [0.1, 0.15) is 39.3 Å². The lowest BCUT2D eigenvalue weighted by atomic mass is 9.87. The second kappa shape index (κ2) is 4.85. The van der Waals surface area contributed by atoms with Gasteiger partial charge in [0, 0.05) is 5.56 Å². The van der Waals surface area contributed by atoms with Crippen molar-refractivity contribution in [3.63, 3.8) is 0 Å². The van der Waals surface area contributed by atoms with Crippen molar-refractivity contribution >= 4 is 0 Å². The van der Waals surface area contributed by atoms with E-state index in [1.165, 1.54) is 0 Å². The van der Waals surface area contributed by atoms with E-state index >= 15 is 0 Å². The van der Waals surface area contributed by atoms with Crippen LogP contribution < -0.4 is 10.5 Å². The summed E-state index contributed by atoms with van der Waals surface area (Å²) in [5, 5.41) is 9.90. The number of aliphatic hydroxyl groups is 1. The highest BCUT2D eigenvalue weighted by atomic mass is 16.5. The van der Waals surface area contributed by atoms with E-state index in [-0.39, 0.29) is 6.04 Å². The third-order valence-electron chi connectivity index (χ3n) is 2.70. The van der Waals surface area contributed by atoms with Crippen molar-refractivity contribution in [1.82, 2.24) is 0 Å². The van der Waals surface area contributed by atoms with Gasteiger partial charge >= 0.3 is 0 Å². The molecular formula is C13H21NO2. The Labute approximate surface area is 97.2 Å². The van der Waals surface area contributed by atoms with Crippen LogP contribution in [-0.4, -0.2) is 16.8 Å². The van der Waals surface area contributed by atoms with Crippen molar-refractivity contribution < 1.29 is 9.84 Å². The van der Waals surface area contributed by atoms with Gasteiger partial charge in [-0.3, -0.25) is 0 Å². The van der Waals surface area contributed by atoms with Crippen molar-refractivity contribution in [1.29, 1.82) is 0 Å². The second-order valence-corrected chi connectivity index (χ2v) is 4.21. The van der Waals surface area contributed by atoms with Gasteiger partial charge in [0.1, 0.15) is 17.5 Å². The van der Waals surface area contributed by atoms with Crippen molar-refractivity contribution in [3.8, 4) is 5.75 Å². The van der Waals surface area contributed by atoms with Gasteiger partial charge in [-0.05, 0) is 19.9 Å². The molecule has 1 aromatic carbocycles.